The first-order valence-corrected chi connectivity index (χ1v) is 6.37. The summed E-state index contributed by atoms with van der Waals surface area (Å²) in [5.41, 5.74) is 1.58. The molecule has 1 N–H and O–H groups in total. The van der Waals surface area contributed by atoms with Gasteiger partial charge in [0.15, 0.2) is 5.13 Å². The Balaban J connectivity index is 1.89. The molecule has 1 amide bonds. The van der Waals surface area contributed by atoms with E-state index in [0.29, 0.717) is 10.8 Å². The van der Waals surface area contributed by atoms with E-state index in [1.54, 1.807) is 0 Å². The van der Waals surface area contributed by atoms with Crippen molar-refractivity contribution < 1.29 is 9.18 Å². The molecule has 7 heteroatoms. The molecule has 0 radical (unpaired) electrons. The van der Waals surface area contributed by atoms with Gasteiger partial charge in [-0.3, -0.25) is 10.1 Å². The van der Waals surface area contributed by atoms with E-state index in [4.69, 9.17) is 0 Å². The lowest BCUT2D eigenvalue weighted by molar-refractivity contribution is 0.102. The molecule has 3 heterocycles. The molecule has 3 aromatic heterocycles. The normalized spacial score (nSPS) is 10.8. The first-order chi connectivity index (χ1) is 9.11. The molecule has 19 heavy (non-hydrogen) atoms. The molecule has 0 atom stereocenters. The third-order valence-electron chi connectivity index (χ3n) is 2.49. The Morgan fingerprint density at radius 3 is 2.95 bits per heavy atom. The second-order valence-electron chi connectivity index (χ2n) is 3.99. The number of amides is 1. The SMILES string of the molecule is Cc1csc(NC(=O)c2cn3cc(F)ccc3n2)n1. The van der Waals surface area contributed by atoms with Gasteiger partial charge in [0.05, 0.1) is 5.69 Å². The van der Waals surface area contributed by atoms with Crippen molar-refractivity contribution in [2.45, 2.75) is 6.92 Å². The number of hydrogen-bond acceptors (Lipinski definition) is 4. The number of nitrogens with zero attached hydrogens (tertiary/aromatic N) is 3. The molecule has 0 fully saturated rings. The van der Waals surface area contributed by atoms with Gasteiger partial charge in [0.25, 0.3) is 5.91 Å². The topological polar surface area (TPSA) is 59.3 Å². The first-order valence-electron chi connectivity index (χ1n) is 5.49. The highest BCUT2D eigenvalue weighted by atomic mass is 32.1. The number of halogens is 1. The van der Waals surface area contributed by atoms with Gasteiger partial charge in [0, 0.05) is 17.8 Å². The Hall–Kier alpha value is -2.28. The van der Waals surface area contributed by atoms with Crippen molar-refractivity contribution in [2.75, 3.05) is 5.32 Å². The van der Waals surface area contributed by atoms with E-state index in [9.17, 15) is 9.18 Å². The molecular formula is C12H9FN4OS. The summed E-state index contributed by atoms with van der Waals surface area (Å²) in [7, 11) is 0. The second-order valence-corrected chi connectivity index (χ2v) is 4.85. The number of pyridine rings is 1. The summed E-state index contributed by atoms with van der Waals surface area (Å²) in [6.45, 7) is 1.85. The summed E-state index contributed by atoms with van der Waals surface area (Å²) < 4.78 is 14.5. The number of rotatable bonds is 2. The van der Waals surface area contributed by atoms with Crippen LogP contribution in [0.5, 0.6) is 0 Å². The zero-order valence-corrected chi connectivity index (χ0v) is 10.7. The number of fused-ring (bicyclic) bond motifs is 1. The van der Waals surface area contributed by atoms with Gasteiger partial charge in [-0.15, -0.1) is 11.3 Å². The van der Waals surface area contributed by atoms with E-state index in [1.807, 2.05) is 12.3 Å². The van der Waals surface area contributed by atoms with Crippen molar-refractivity contribution in [3.8, 4) is 0 Å². The van der Waals surface area contributed by atoms with Crippen LogP contribution in [0.2, 0.25) is 0 Å². The van der Waals surface area contributed by atoms with Crippen LogP contribution >= 0.6 is 11.3 Å². The number of carbonyl (C=O) groups excluding carboxylic acids is 1. The smallest absolute Gasteiger partial charge is 0.277 e. The molecule has 0 aliphatic heterocycles. The quantitative estimate of drug-likeness (QED) is 0.782. The highest BCUT2D eigenvalue weighted by molar-refractivity contribution is 7.13. The minimum absolute atomic E-state index is 0.221. The average Bonchev–Trinajstić information content (AvgIpc) is 2.95. The van der Waals surface area contributed by atoms with Gasteiger partial charge in [0.1, 0.15) is 17.2 Å². The van der Waals surface area contributed by atoms with Gasteiger partial charge in [-0.2, -0.15) is 0 Å². The Labute approximate surface area is 111 Å². The van der Waals surface area contributed by atoms with Gasteiger partial charge in [0.2, 0.25) is 0 Å². The van der Waals surface area contributed by atoms with Crippen molar-refractivity contribution in [3.63, 3.8) is 0 Å². The van der Waals surface area contributed by atoms with Gasteiger partial charge < -0.3 is 4.40 Å². The fourth-order valence-electron chi connectivity index (χ4n) is 1.65. The van der Waals surface area contributed by atoms with E-state index < -0.39 is 0 Å². The van der Waals surface area contributed by atoms with Crippen molar-refractivity contribution in [2.24, 2.45) is 0 Å². The first kappa shape index (κ1) is 11.8. The molecule has 0 saturated carbocycles. The number of aromatic nitrogens is 3. The highest BCUT2D eigenvalue weighted by Crippen LogP contribution is 2.16. The average molecular weight is 276 g/mol. The van der Waals surface area contributed by atoms with Crippen LogP contribution in [-0.2, 0) is 0 Å². The molecule has 0 bridgehead atoms. The van der Waals surface area contributed by atoms with Crippen LogP contribution in [0, 0.1) is 12.7 Å². The van der Waals surface area contributed by atoms with E-state index in [2.05, 4.69) is 15.3 Å². The number of aryl methyl sites for hydroxylation is 1. The molecule has 0 saturated heterocycles. The van der Waals surface area contributed by atoms with Crippen molar-refractivity contribution >= 4 is 28.0 Å². The summed E-state index contributed by atoms with van der Waals surface area (Å²) in [4.78, 5) is 20.2. The lowest BCUT2D eigenvalue weighted by Crippen LogP contribution is -2.12. The Morgan fingerprint density at radius 1 is 1.37 bits per heavy atom. The Morgan fingerprint density at radius 2 is 2.21 bits per heavy atom. The molecule has 0 aliphatic carbocycles. The maximum absolute atomic E-state index is 13.0. The molecule has 0 aromatic carbocycles. The lowest BCUT2D eigenvalue weighted by atomic mass is 10.4. The lowest BCUT2D eigenvalue weighted by Gasteiger charge is -1.96. The number of anilines is 1. The van der Waals surface area contributed by atoms with Crippen LogP contribution in [0.25, 0.3) is 5.65 Å². The van der Waals surface area contributed by atoms with Crippen molar-refractivity contribution in [1.29, 1.82) is 0 Å². The zero-order valence-electron chi connectivity index (χ0n) is 9.92. The van der Waals surface area contributed by atoms with E-state index in [0.717, 1.165) is 5.69 Å². The van der Waals surface area contributed by atoms with Gasteiger partial charge in [-0.1, -0.05) is 0 Å². The molecule has 0 spiro atoms. The predicted molar refractivity (Wildman–Crippen MR) is 70.0 cm³/mol. The Bertz CT molecular complexity index is 764. The second kappa shape index (κ2) is 4.43. The van der Waals surface area contributed by atoms with Crippen LogP contribution in [0.3, 0.4) is 0 Å². The number of carbonyl (C=O) groups is 1. The highest BCUT2D eigenvalue weighted by Gasteiger charge is 2.12. The maximum atomic E-state index is 13.0. The van der Waals surface area contributed by atoms with Gasteiger partial charge >= 0.3 is 0 Å². The maximum Gasteiger partial charge on any atom is 0.277 e. The summed E-state index contributed by atoms with van der Waals surface area (Å²) in [5, 5.41) is 5.01. The summed E-state index contributed by atoms with van der Waals surface area (Å²) in [5.74, 6) is -0.745. The minimum Gasteiger partial charge on any atom is -0.303 e. The van der Waals surface area contributed by atoms with Crippen LogP contribution in [0.1, 0.15) is 16.2 Å². The number of thiazole rings is 1. The fraction of sp³-hybridized carbons (Fsp3) is 0.0833. The van der Waals surface area contributed by atoms with E-state index in [1.165, 1.54) is 40.3 Å². The molecular weight excluding hydrogens is 267 g/mol. The number of hydrogen-bond donors (Lipinski definition) is 1. The number of imidazole rings is 1. The van der Waals surface area contributed by atoms with E-state index >= 15 is 0 Å². The summed E-state index contributed by atoms with van der Waals surface area (Å²) in [6, 6.07) is 2.81. The molecule has 5 nitrogen and oxygen atoms in total. The molecule has 3 aromatic rings. The standard InChI is InChI=1S/C12H9FN4OS/c1-7-6-19-12(14-7)16-11(18)9-5-17-4-8(13)2-3-10(17)15-9/h2-6H,1H3,(H,14,16,18). The van der Waals surface area contributed by atoms with Gasteiger partial charge in [-0.25, -0.2) is 14.4 Å². The van der Waals surface area contributed by atoms with Crippen LogP contribution in [-0.4, -0.2) is 20.3 Å². The fourth-order valence-corrected chi connectivity index (χ4v) is 2.33. The third-order valence-corrected chi connectivity index (χ3v) is 3.36. The molecule has 0 unspecified atom stereocenters. The summed E-state index contributed by atoms with van der Waals surface area (Å²) >= 11 is 1.34. The molecule has 96 valence electrons. The van der Waals surface area contributed by atoms with Crippen molar-refractivity contribution in [3.05, 3.63) is 47.1 Å². The zero-order chi connectivity index (χ0) is 13.4. The molecule has 0 aliphatic rings. The monoisotopic (exact) mass is 276 g/mol. The van der Waals surface area contributed by atoms with Gasteiger partial charge in [-0.05, 0) is 19.1 Å². The van der Waals surface area contributed by atoms with Crippen LogP contribution < -0.4 is 5.32 Å². The largest absolute Gasteiger partial charge is 0.303 e. The van der Waals surface area contributed by atoms with E-state index in [-0.39, 0.29) is 17.4 Å². The number of nitrogens with one attached hydrogen (secondary N) is 1. The minimum atomic E-state index is -0.382. The third kappa shape index (κ3) is 2.32. The van der Waals surface area contributed by atoms with Crippen LogP contribution in [0.15, 0.2) is 29.9 Å². The Kier molecular flexibility index (Phi) is 2.75. The predicted octanol–water partition coefficient (Wildman–Crippen LogP) is 2.49. The summed E-state index contributed by atoms with van der Waals surface area (Å²) in [6.07, 6.45) is 2.75. The molecule has 3 rings (SSSR count). The van der Waals surface area contributed by atoms with Crippen LogP contribution in [0.4, 0.5) is 9.52 Å². The van der Waals surface area contributed by atoms with Crippen molar-refractivity contribution in [1.82, 2.24) is 14.4 Å².